The maximum Gasteiger partial charge on any atom is 0.144 e. The number of pyridine rings is 2. The minimum Gasteiger partial charge on any atom is -0.455 e. The Morgan fingerprint density at radius 2 is 1.29 bits per heavy atom. The largest absolute Gasteiger partial charge is 0.455 e. The van der Waals surface area contributed by atoms with Crippen LogP contribution < -0.4 is 0 Å². The fourth-order valence-corrected chi connectivity index (χ4v) is 6.19. The van der Waals surface area contributed by atoms with Crippen LogP contribution in [0.5, 0.6) is 0 Å². The van der Waals surface area contributed by atoms with Crippen molar-refractivity contribution in [2.24, 2.45) is 0 Å². The topological polar surface area (TPSA) is 43.3 Å². The highest BCUT2D eigenvalue weighted by molar-refractivity contribution is 6.24. The molecule has 42 heavy (non-hydrogen) atoms. The van der Waals surface area contributed by atoms with Crippen LogP contribution in [0.15, 0.2) is 144 Å². The summed E-state index contributed by atoms with van der Waals surface area (Å²) in [4.78, 5) is 9.97. The van der Waals surface area contributed by atoms with E-state index in [-0.39, 0.29) is 0 Å². The highest BCUT2D eigenvalue weighted by Crippen LogP contribution is 2.41. The second kappa shape index (κ2) is 8.88. The number of nitrogens with zero attached hydrogens (tertiary/aromatic N) is 3. The molecule has 0 atom stereocenters. The zero-order valence-electron chi connectivity index (χ0n) is 22.5. The summed E-state index contributed by atoms with van der Waals surface area (Å²) < 4.78 is 8.54. The van der Waals surface area contributed by atoms with Crippen molar-refractivity contribution in [2.45, 2.75) is 0 Å². The fraction of sp³-hybridized carbons (Fsp3) is 0. The summed E-state index contributed by atoms with van der Waals surface area (Å²) in [5, 5.41) is 5.54. The molecule has 9 aromatic rings. The fourth-order valence-electron chi connectivity index (χ4n) is 6.19. The van der Waals surface area contributed by atoms with Crippen LogP contribution >= 0.6 is 0 Å². The van der Waals surface area contributed by atoms with E-state index in [9.17, 15) is 0 Å². The number of benzene rings is 5. The molecular formula is C38H23N3O. The number of aromatic nitrogens is 3. The molecule has 5 aromatic carbocycles. The van der Waals surface area contributed by atoms with Crippen LogP contribution in [-0.4, -0.2) is 14.4 Å². The van der Waals surface area contributed by atoms with E-state index < -0.39 is 0 Å². The number of fused-ring (bicyclic) bond motifs is 8. The van der Waals surface area contributed by atoms with Crippen LogP contribution in [-0.2, 0) is 0 Å². The molecule has 0 aliphatic rings. The molecule has 0 saturated heterocycles. The lowest BCUT2D eigenvalue weighted by atomic mass is 9.95. The smallest absolute Gasteiger partial charge is 0.144 e. The summed E-state index contributed by atoms with van der Waals surface area (Å²) in [7, 11) is 0. The van der Waals surface area contributed by atoms with E-state index >= 15 is 0 Å². The molecule has 0 N–H and O–H groups in total. The van der Waals surface area contributed by atoms with Gasteiger partial charge < -0.3 is 8.82 Å². The van der Waals surface area contributed by atoms with Gasteiger partial charge in [0.15, 0.2) is 0 Å². The average Bonchev–Trinajstić information content (AvgIpc) is 3.66. The summed E-state index contributed by atoms with van der Waals surface area (Å²) in [6, 6.07) is 44.3. The minimum atomic E-state index is 0.900. The van der Waals surface area contributed by atoms with Crippen molar-refractivity contribution in [2.75, 3.05) is 0 Å². The van der Waals surface area contributed by atoms with Crippen molar-refractivity contribution in [1.82, 2.24) is 14.4 Å². The average molecular weight is 538 g/mol. The van der Waals surface area contributed by atoms with Crippen LogP contribution in [0.2, 0.25) is 0 Å². The summed E-state index contributed by atoms with van der Waals surface area (Å²) in [6.45, 7) is 0. The van der Waals surface area contributed by atoms with Crippen LogP contribution in [0.3, 0.4) is 0 Å². The Kier molecular flexibility index (Phi) is 4.87. The van der Waals surface area contributed by atoms with Gasteiger partial charge in [0.05, 0.1) is 16.9 Å². The molecule has 0 amide bonds. The van der Waals surface area contributed by atoms with E-state index in [1.165, 1.54) is 0 Å². The van der Waals surface area contributed by atoms with Crippen molar-refractivity contribution in [1.29, 1.82) is 0 Å². The second-order valence-electron chi connectivity index (χ2n) is 10.7. The molecule has 0 fully saturated rings. The van der Waals surface area contributed by atoms with Gasteiger partial charge in [0.25, 0.3) is 0 Å². The lowest BCUT2D eigenvalue weighted by Crippen LogP contribution is -1.91. The van der Waals surface area contributed by atoms with Crippen LogP contribution in [0.25, 0.3) is 82.9 Å². The lowest BCUT2D eigenvalue weighted by molar-refractivity contribution is 0.673. The molecule has 4 heterocycles. The van der Waals surface area contributed by atoms with Gasteiger partial charge in [-0.15, -0.1) is 0 Å². The first-order valence-corrected chi connectivity index (χ1v) is 14.1. The lowest BCUT2D eigenvalue weighted by Gasteiger charge is -2.12. The first kappa shape index (κ1) is 23.0. The molecule has 0 radical (unpaired) electrons. The van der Waals surface area contributed by atoms with Crippen LogP contribution in [0, 0.1) is 0 Å². The minimum absolute atomic E-state index is 0.900. The number of rotatable bonds is 3. The Morgan fingerprint density at radius 3 is 2.19 bits per heavy atom. The van der Waals surface area contributed by atoms with E-state index in [2.05, 4.69) is 97.2 Å². The van der Waals surface area contributed by atoms with Gasteiger partial charge in [-0.1, -0.05) is 91.0 Å². The monoisotopic (exact) mass is 537 g/mol. The Labute approximate surface area is 241 Å². The molecule has 4 heteroatoms. The van der Waals surface area contributed by atoms with E-state index in [0.717, 1.165) is 82.9 Å². The van der Waals surface area contributed by atoms with Crippen molar-refractivity contribution < 1.29 is 4.42 Å². The first-order valence-electron chi connectivity index (χ1n) is 14.1. The third-order valence-corrected chi connectivity index (χ3v) is 8.22. The van der Waals surface area contributed by atoms with E-state index in [1.54, 1.807) is 0 Å². The Bertz CT molecular complexity index is 2430. The van der Waals surface area contributed by atoms with Gasteiger partial charge in [-0.2, -0.15) is 0 Å². The molecule has 0 spiro atoms. The molecule has 0 bridgehead atoms. The first-order chi connectivity index (χ1) is 20.8. The molecule has 4 nitrogen and oxygen atoms in total. The molecule has 9 rings (SSSR count). The van der Waals surface area contributed by atoms with Crippen LogP contribution in [0.4, 0.5) is 0 Å². The molecule has 4 aromatic heterocycles. The second-order valence-corrected chi connectivity index (χ2v) is 10.7. The van der Waals surface area contributed by atoms with Gasteiger partial charge in [-0.25, -0.2) is 9.97 Å². The van der Waals surface area contributed by atoms with Crippen molar-refractivity contribution >= 4 is 49.3 Å². The Balaban J connectivity index is 1.19. The molecule has 0 saturated carbocycles. The van der Waals surface area contributed by atoms with E-state index in [0.29, 0.717) is 0 Å². The number of para-hydroxylation sites is 2. The Hall–Kier alpha value is -5.74. The highest BCUT2D eigenvalue weighted by atomic mass is 16.3. The van der Waals surface area contributed by atoms with Gasteiger partial charge in [-0.3, -0.25) is 0 Å². The van der Waals surface area contributed by atoms with Gasteiger partial charge >= 0.3 is 0 Å². The van der Waals surface area contributed by atoms with E-state index in [1.807, 2.05) is 47.0 Å². The van der Waals surface area contributed by atoms with Gasteiger partial charge in [0, 0.05) is 50.5 Å². The maximum atomic E-state index is 6.49. The summed E-state index contributed by atoms with van der Waals surface area (Å²) in [5.74, 6) is 0. The normalized spacial score (nSPS) is 11.8. The zero-order valence-corrected chi connectivity index (χ0v) is 22.5. The summed E-state index contributed by atoms with van der Waals surface area (Å²) in [6.07, 6.45) is 4.09. The maximum absolute atomic E-state index is 6.49. The molecule has 196 valence electrons. The predicted molar refractivity (Wildman–Crippen MR) is 172 cm³/mol. The predicted octanol–water partition coefficient (Wildman–Crippen LogP) is 9.94. The van der Waals surface area contributed by atoms with Crippen LogP contribution in [0.1, 0.15) is 0 Å². The van der Waals surface area contributed by atoms with Crippen molar-refractivity contribution in [3.63, 3.8) is 0 Å². The number of furan rings is 1. The SMILES string of the molecule is c1cc(-c2ccc(-c3cn4ccccc4n3)cc2)cc(-c2nc3ccccc3c3c2ccc2c4ccccc4oc23)c1. The third-order valence-electron chi connectivity index (χ3n) is 8.22. The molecule has 0 unspecified atom stereocenters. The van der Waals surface area contributed by atoms with Gasteiger partial charge in [-0.05, 0) is 47.5 Å². The Morgan fingerprint density at radius 1 is 0.524 bits per heavy atom. The van der Waals surface area contributed by atoms with Gasteiger partial charge in [0.2, 0.25) is 0 Å². The highest BCUT2D eigenvalue weighted by Gasteiger charge is 2.17. The zero-order chi connectivity index (χ0) is 27.6. The molecule has 0 aliphatic heterocycles. The molecular weight excluding hydrogens is 514 g/mol. The third kappa shape index (κ3) is 3.49. The standard InChI is InChI=1S/C38H23N3O/c1-3-12-32-30(11-1)36-31(20-19-29-28-10-2-4-13-34(28)42-38(29)36)37(40-32)27-9-7-8-26(22-27)24-15-17-25(18-16-24)33-23-41-21-6-5-14-35(41)39-33/h1-23H. The summed E-state index contributed by atoms with van der Waals surface area (Å²) in [5.41, 5.74) is 10.1. The number of hydrogen-bond donors (Lipinski definition) is 0. The molecule has 0 aliphatic carbocycles. The summed E-state index contributed by atoms with van der Waals surface area (Å²) >= 11 is 0. The van der Waals surface area contributed by atoms with Gasteiger partial charge in [0.1, 0.15) is 16.8 Å². The van der Waals surface area contributed by atoms with Crippen molar-refractivity contribution in [3.8, 4) is 33.6 Å². The van der Waals surface area contributed by atoms with E-state index in [4.69, 9.17) is 14.4 Å². The number of hydrogen-bond acceptors (Lipinski definition) is 3. The quantitative estimate of drug-likeness (QED) is 0.211. The number of imidazole rings is 1. The van der Waals surface area contributed by atoms with Crippen molar-refractivity contribution in [3.05, 3.63) is 140 Å².